The highest BCUT2D eigenvalue weighted by Gasteiger charge is 2.56. The molecule has 20 heteroatoms. The molecule has 0 bridgehead atoms. The molecule has 0 aromatic heterocycles. The summed E-state index contributed by atoms with van der Waals surface area (Å²) in [6.07, 6.45) is -33.5. The second-order valence-corrected chi connectivity index (χ2v) is 12.5. The largest absolute Gasteiger partial charge is 0.394 e. The number of aliphatic hydroxyl groups excluding tert-OH is 13. The van der Waals surface area contributed by atoms with Gasteiger partial charge in [-0.1, -0.05) is 13.8 Å². The van der Waals surface area contributed by atoms with Crippen LogP contribution in [-0.2, 0) is 33.2 Å². The Balaban J connectivity index is 1.67. The number of hydrogen-bond donors (Lipinski definition) is 13. The molecule has 0 saturated carbocycles. The molecule has 0 spiro atoms. The van der Waals surface area contributed by atoms with Crippen molar-refractivity contribution in [3.05, 3.63) is 0 Å². The quantitative estimate of drug-likeness (QED) is 0.0956. The third kappa shape index (κ3) is 7.92. The maximum absolute atomic E-state index is 11.3. The Hall–Kier alpha value is -0.800. The van der Waals surface area contributed by atoms with E-state index in [0.29, 0.717) is 0 Å². The molecule has 4 aliphatic rings. The first-order valence-electron chi connectivity index (χ1n) is 15.3. The number of aliphatic hydroxyl groups is 13. The van der Waals surface area contributed by atoms with E-state index in [0.717, 1.165) is 0 Å². The van der Waals surface area contributed by atoms with Gasteiger partial charge in [-0.2, -0.15) is 0 Å². The summed E-state index contributed by atoms with van der Waals surface area (Å²) < 4.78 is 40.2. The fourth-order valence-corrected chi connectivity index (χ4v) is 6.09. The third-order valence-electron chi connectivity index (χ3n) is 8.93. The van der Waals surface area contributed by atoms with Crippen molar-refractivity contribution in [3.8, 4) is 0 Å². The van der Waals surface area contributed by atoms with Gasteiger partial charge >= 0.3 is 0 Å². The summed E-state index contributed by atoms with van der Waals surface area (Å²) in [5.41, 5.74) is 0. The van der Waals surface area contributed by atoms with Crippen molar-refractivity contribution in [2.24, 2.45) is 5.92 Å². The Bertz CT molecular complexity index is 959. The van der Waals surface area contributed by atoms with Crippen LogP contribution in [0.2, 0.25) is 0 Å². The van der Waals surface area contributed by atoms with Crippen molar-refractivity contribution >= 4 is 0 Å². The van der Waals surface area contributed by atoms with E-state index < -0.39 is 155 Å². The first-order chi connectivity index (χ1) is 22.2. The first-order valence-corrected chi connectivity index (χ1v) is 15.3. The molecule has 4 rings (SSSR count). The van der Waals surface area contributed by atoms with E-state index in [1.165, 1.54) is 0 Å². The van der Waals surface area contributed by atoms with Gasteiger partial charge in [-0.3, -0.25) is 0 Å². The fourth-order valence-electron chi connectivity index (χ4n) is 6.09. The van der Waals surface area contributed by atoms with E-state index in [9.17, 15) is 66.4 Å². The van der Waals surface area contributed by atoms with Gasteiger partial charge in [0, 0.05) is 0 Å². The van der Waals surface area contributed by atoms with Gasteiger partial charge in [0.1, 0.15) is 97.7 Å². The Morgan fingerprint density at radius 1 is 0.404 bits per heavy atom. The molecule has 0 aromatic rings. The smallest absolute Gasteiger partial charge is 0.187 e. The normalized spacial score (nSPS) is 51.3. The Labute approximate surface area is 268 Å². The lowest BCUT2D eigenvalue weighted by Gasteiger charge is -2.51. The lowest BCUT2D eigenvalue weighted by Crippen LogP contribution is -2.68. The van der Waals surface area contributed by atoms with Gasteiger partial charge in [-0.05, 0) is 5.92 Å². The minimum absolute atomic E-state index is 0.455. The lowest BCUT2D eigenvalue weighted by molar-refractivity contribution is -0.393. The number of ether oxygens (including phenoxy) is 7. The molecule has 4 heterocycles. The van der Waals surface area contributed by atoms with Crippen molar-refractivity contribution in [2.45, 2.75) is 136 Å². The molecule has 4 aliphatic heterocycles. The van der Waals surface area contributed by atoms with E-state index >= 15 is 0 Å². The predicted molar refractivity (Wildman–Crippen MR) is 147 cm³/mol. The molecule has 0 radical (unpaired) electrons. The van der Waals surface area contributed by atoms with Crippen LogP contribution in [0.3, 0.4) is 0 Å². The maximum Gasteiger partial charge on any atom is 0.187 e. The first kappa shape index (κ1) is 39.0. The molecule has 0 amide bonds. The SMILES string of the molecule is CC(C)[C@@H]1O[C@H](CO)[C@@H](O)[C@H](O[C@@H]2O[C@H](CO)[C@@H](O)[C@H](O)[C@H]2O[C@@H]2O[C@H](CO)[C@@H](O)[C@H](O)[C@H]2O)[C@H]1O[C@@H]1O[C@H](CO)[C@@H](O)[C@H](O)[C@H]1O. The molecular weight excluding hydrogens is 644 g/mol. The molecule has 13 N–H and O–H groups in total. The van der Waals surface area contributed by atoms with Crippen LogP contribution in [0.25, 0.3) is 0 Å². The molecule has 47 heavy (non-hydrogen) atoms. The highest BCUT2D eigenvalue weighted by Crippen LogP contribution is 2.37. The van der Waals surface area contributed by atoms with E-state index in [-0.39, 0.29) is 0 Å². The molecule has 4 fully saturated rings. The van der Waals surface area contributed by atoms with Crippen LogP contribution in [0.1, 0.15) is 13.8 Å². The van der Waals surface area contributed by atoms with Crippen LogP contribution < -0.4 is 0 Å². The zero-order chi connectivity index (χ0) is 34.9. The van der Waals surface area contributed by atoms with Gasteiger partial charge < -0.3 is 99.5 Å². The zero-order valence-corrected chi connectivity index (χ0v) is 25.6. The molecule has 276 valence electrons. The summed E-state index contributed by atoms with van der Waals surface area (Å²) in [6.45, 7) is 0.204. The van der Waals surface area contributed by atoms with E-state index in [1.807, 2.05) is 0 Å². The molecular formula is C27H48O20. The van der Waals surface area contributed by atoms with Crippen molar-refractivity contribution in [1.29, 1.82) is 0 Å². The molecule has 0 aromatic carbocycles. The average Bonchev–Trinajstić information content (AvgIpc) is 3.05. The summed E-state index contributed by atoms with van der Waals surface area (Å²) in [5, 5.41) is 134. The topological polar surface area (TPSA) is 328 Å². The maximum atomic E-state index is 11.3. The van der Waals surface area contributed by atoms with E-state index in [4.69, 9.17) is 33.2 Å². The molecule has 0 aliphatic carbocycles. The zero-order valence-electron chi connectivity index (χ0n) is 25.6. The summed E-state index contributed by atoms with van der Waals surface area (Å²) in [7, 11) is 0. The monoisotopic (exact) mass is 692 g/mol. The van der Waals surface area contributed by atoms with E-state index in [1.54, 1.807) is 13.8 Å². The molecule has 20 atom stereocenters. The van der Waals surface area contributed by atoms with Gasteiger partial charge in [0.2, 0.25) is 0 Å². The number of rotatable bonds is 11. The Kier molecular flexibility index (Phi) is 13.7. The van der Waals surface area contributed by atoms with Crippen molar-refractivity contribution < 1.29 is 99.5 Å². The van der Waals surface area contributed by atoms with Crippen LogP contribution in [0.5, 0.6) is 0 Å². The highest BCUT2D eigenvalue weighted by atomic mass is 16.8. The van der Waals surface area contributed by atoms with Gasteiger partial charge in [-0.15, -0.1) is 0 Å². The van der Waals surface area contributed by atoms with Crippen molar-refractivity contribution in [1.82, 2.24) is 0 Å². The average molecular weight is 693 g/mol. The van der Waals surface area contributed by atoms with Crippen LogP contribution in [0.4, 0.5) is 0 Å². The van der Waals surface area contributed by atoms with Gasteiger partial charge in [0.25, 0.3) is 0 Å². The van der Waals surface area contributed by atoms with Crippen LogP contribution >= 0.6 is 0 Å². The minimum atomic E-state index is -1.95. The number of hydrogen-bond acceptors (Lipinski definition) is 20. The summed E-state index contributed by atoms with van der Waals surface area (Å²) in [5.74, 6) is -0.455. The minimum Gasteiger partial charge on any atom is -0.394 e. The summed E-state index contributed by atoms with van der Waals surface area (Å²) in [6, 6.07) is 0. The second kappa shape index (κ2) is 16.5. The standard InChI is InChI=1S/C27H48O20/c1-7(2)21-24(47-26-20(40)17(37)13(33)9(4-29)43-26)22(15(35)11(6-31)41-21)45-27-23(18(38)14(34)10(5-30)44-27)46-25-19(39)16(36)12(32)8(3-28)42-25/h7-40H,3-6H2,1-2H3/t8-,9-,10-,11-,12-,13-,14-,15-,16+,17+,18+,19-,20-,21+,22+,23-,24+,25+,26+,27+/m1/s1. The van der Waals surface area contributed by atoms with Crippen molar-refractivity contribution in [3.63, 3.8) is 0 Å². The van der Waals surface area contributed by atoms with Crippen LogP contribution in [-0.4, -0.2) is 215 Å². The summed E-state index contributed by atoms with van der Waals surface area (Å²) in [4.78, 5) is 0. The molecule has 0 unspecified atom stereocenters. The highest BCUT2D eigenvalue weighted by molar-refractivity contribution is 5.00. The fraction of sp³-hybridized carbons (Fsp3) is 1.00. The molecule has 20 nitrogen and oxygen atoms in total. The van der Waals surface area contributed by atoms with Crippen LogP contribution in [0, 0.1) is 5.92 Å². The lowest BCUT2D eigenvalue weighted by atomic mass is 9.88. The van der Waals surface area contributed by atoms with Crippen LogP contribution in [0.15, 0.2) is 0 Å². The second-order valence-electron chi connectivity index (χ2n) is 12.5. The predicted octanol–water partition coefficient (Wildman–Crippen LogP) is -8.04. The molecule has 4 saturated heterocycles. The third-order valence-corrected chi connectivity index (χ3v) is 8.93. The van der Waals surface area contributed by atoms with E-state index in [2.05, 4.69) is 0 Å². The van der Waals surface area contributed by atoms with Gasteiger partial charge in [0.15, 0.2) is 18.9 Å². The summed E-state index contributed by atoms with van der Waals surface area (Å²) >= 11 is 0. The van der Waals surface area contributed by atoms with Crippen molar-refractivity contribution in [2.75, 3.05) is 26.4 Å². The van der Waals surface area contributed by atoms with Gasteiger partial charge in [-0.25, -0.2) is 0 Å². The van der Waals surface area contributed by atoms with Gasteiger partial charge in [0.05, 0.1) is 32.5 Å². The Morgan fingerprint density at radius 2 is 0.766 bits per heavy atom. The Morgan fingerprint density at radius 3 is 1.19 bits per heavy atom.